The summed E-state index contributed by atoms with van der Waals surface area (Å²) in [5, 5.41) is 48.0. The highest BCUT2D eigenvalue weighted by atomic mass is 16.3. The number of primary amides is 1. The first-order chi connectivity index (χ1) is 18.7. The Morgan fingerprint density at radius 1 is 1.20 bits per heavy atom. The maximum absolute atomic E-state index is 14.0. The molecule has 3 aliphatic rings. The van der Waals surface area contributed by atoms with E-state index in [0.29, 0.717) is 17.7 Å². The lowest BCUT2D eigenvalue weighted by atomic mass is 9.57. The maximum Gasteiger partial charge on any atom is 0.255 e. The Balaban J connectivity index is 1.94. The van der Waals surface area contributed by atoms with Gasteiger partial charge in [-0.25, -0.2) is 0 Å². The summed E-state index contributed by atoms with van der Waals surface area (Å²) in [6.45, 7) is 3.58. The van der Waals surface area contributed by atoms with Crippen LogP contribution in [0.3, 0.4) is 0 Å². The number of aliphatic hydroxyl groups excluding tert-OH is 2. The summed E-state index contributed by atoms with van der Waals surface area (Å²) in [5.41, 5.74) is 2.47. The van der Waals surface area contributed by atoms with Crippen LogP contribution in [0.25, 0.3) is 5.76 Å². The molecule has 1 aromatic carbocycles. The van der Waals surface area contributed by atoms with Gasteiger partial charge in [-0.05, 0) is 50.9 Å². The second-order valence-electron chi connectivity index (χ2n) is 10.9. The molecule has 4 rings (SSSR count). The summed E-state index contributed by atoms with van der Waals surface area (Å²) >= 11 is 0. The van der Waals surface area contributed by atoms with E-state index < -0.39 is 69.7 Å². The van der Waals surface area contributed by atoms with Gasteiger partial charge in [0.2, 0.25) is 11.7 Å². The van der Waals surface area contributed by atoms with Gasteiger partial charge in [0.15, 0.2) is 11.4 Å². The van der Waals surface area contributed by atoms with E-state index in [1.54, 1.807) is 45.2 Å². The van der Waals surface area contributed by atoms with Gasteiger partial charge in [-0.2, -0.15) is 0 Å². The van der Waals surface area contributed by atoms with Gasteiger partial charge < -0.3 is 36.4 Å². The SMILES string of the molecule is C=CCCC(=O)Nc1cc(N(C)C)c2c(c1O)C(O)=C1C(=O)[C@]3(O)C(O)=C(C(N)=O)C(=O)[C@@H](N(C)C)[C@@H]3C[C@@H]1C2. The number of Topliss-reactive ketones (excluding diaryl/α,β-unsaturated/α-hetero) is 2. The number of benzene rings is 1. The van der Waals surface area contributed by atoms with Gasteiger partial charge in [0.1, 0.15) is 22.8 Å². The average molecular weight is 555 g/mol. The summed E-state index contributed by atoms with van der Waals surface area (Å²) in [6.07, 6.45) is 2.22. The average Bonchev–Trinajstić information content (AvgIpc) is 2.85. The van der Waals surface area contributed by atoms with Gasteiger partial charge in [-0.15, -0.1) is 6.58 Å². The molecule has 0 unspecified atom stereocenters. The first-order valence-electron chi connectivity index (χ1n) is 12.8. The van der Waals surface area contributed by atoms with Gasteiger partial charge >= 0.3 is 0 Å². The third-order valence-corrected chi connectivity index (χ3v) is 8.03. The molecule has 7 N–H and O–H groups in total. The van der Waals surface area contributed by atoms with E-state index in [1.807, 2.05) is 0 Å². The number of anilines is 2. The second kappa shape index (κ2) is 10.1. The van der Waals surface area contributed by atoms with Gasteiger partial charge in [-0.1, -0.05) is 6.08 Å². The number of phenolic OH excluding ortho intramolecular Hbond substituents is 1. The number of aliphatic hydroxyl groups is 3. The van der Waals surface area contributed by atoms with Crippen molar-refractivity contribution in [1.82, 2.24) is 4.90 Å². The highest BCUT2D eigenvalue weighted by molar-refractivity contribution is 6.24. The number of allylic oxidation sites excluding steroid dienone is 1. The van der Waals surface area contributed by atoms with Crippen molar-refractivity contribution in [2.75, 3.05) is 38.4 Å². The Labute approximate surface area is 231 Å². The summed E-state index contributed by atoms with van der Waals surface area (Å²) in [6, 6.07) is 0.409. The topological polar surface area (TPSA) is 194 Å². The van der Waals surface area contributed by atoms with Crippen LogP contribution < -0.4 is 16.0 Å². The minimum Gasteiger partial charge on any atom is -0.508 e. The number of fused-ring (bicyclic) bond motifs is 3. The lowest BCUT2D eigenvalue weighted by Crippen LogP contribution is -2.65. The quantitative estimate of drug-likeness (QED) is 0.160. The number of likely N-dealkylation sites (N-methyl/N-ethyl adjacent to an activating group) is 1. The van der Waals surface area contributed by atoms with Crippen molar-refractivity contribution in [3.05, 3.63) is 46.8 Å². The van der Waals surface area contributed by atoms with E-state index >= 15 is 0 Å². The van der Waals surface area contributed by atoms with E-state index in [1.165, 1.54) is 4.90 Å². The lowest BCUT2D eigenvalue weighted by molar-refractivity contribution is -0.153. The highest BCUT2D eigenvalue weighted by Gasteiger charge is 2.64. The molecule has 0 saturated heterocycles. The Morgan fingerprint density at radius 2 is 1.85 bits per heavy atom. The monoisotopic (exact) mass is 554 g/mol. The number of nitrogens with one attached hydrogen (secondary N) is 1. The fraction of sp³-hybridized carbons (Fsp3) is 0.429. The van der Waals surface area contributed by atoms with E-state index in [2.05, 4.69) is 11.9 Å². The van der Waals surface area contributed by atoms with Crippen molar-refractivity contribution in [2.45, 2.75) is 37.3 Å². The normalized spacial score (nSPS) is 25.8. The maximum atomic E-state index is 14.0. The third kappa shape index (κ3) is 4.14. The minimum absolute atomic E-state index is 0.0108. The Kier molecular flexibility index (Phi) is 7.28. The predicted molar refractivity (Wildman–Crippen MR) is 147 cm³/mol. The van der Waals surface area contributed by atoms with Crippen LogP contribution in [0.15, 0.2) is 35.6 Å². The van der Waals surface area contributed by atoms with Crippen LogP contribution in [0.5, 0.6) is 5.75 Å². The van der Waals surface area contributed by atoms with Crippen molar-refractivity contribution in [3.63, 3.8) is 0 Å². The van der Waals surface area contributed by atoms with E-state index in [-0.39, 0.29) is 36.1 Å². The van der Waals surface area contributed by atoms with E-state index in [0.717, 1.165) is 0 Å². The molecule has 1 fully saturated rings. The molecule has 2 amide bonds. The van der Waals surface area contributed by atoms with Crippen molar-refractivity contribution in [1.29, 1.82) is 0 Å². The molecule has 214 valence electrons. The van der Waals surface area contributed by atoms with Gasteiger partial charge in [0.25, 0.3) is 5.91 Å². The molecule has 0 bridgehead atoms. The van der Waals surface area contributed by atoms with Crippen LogP contribution in [-0.4, -0.2) is 88.5 Å². The van der Waals surface area contributed by atoms with Crippen LogP contribution in [0.4, 0.5) is 11.4 Å². The molecule has 0 aromatic heterocycles. The molecule has 4 atom stereocenters. The number of ketones is 2. The van der Waals surface area contributed by atoms with Crippen LogP contribution in [0, 0.1) is 11.8 Å². The molecule has 3 aliphatic carbocycles. The van der Waals surface area contributed by atoms with Crippen LogP contribution in [0.2, 0.25) is 0 Å². The van der Waals surface area contributed by atoms with E-state index in [4.69, 9.17) is 5.73 Å². The van der Waals surface area contributed by atoms with Gasteiger partial charge in [0, 0.05) is 37.7 Å². The van der Waals surface area contributed by atoms with Crippen molar-refractivity contribution >= 4 is 40.5 Å². The van der Waals surface area contributed by atoms with Crippen molar-refractivity contribution in [3.8, 4) is 5.75 Å². The van der Waals surface area contributed by atoms with Gasteiger partial charge in [-0.3, -0.25) is 24.1 Å². The number of nitrogens with two attached hydrogens (primary N) is 1. The molecular formula is C28H34N4O8. The molecule has 12 heteroatoms. The Morgan fingerprint density at radius 3 is 2.40 bits per heavy atom. The number of phenols is 1. The summed E-state index contributed by atoms with van der Waals surface area (Å²) in [7, 11) is 6.57. The number of rotatable bonds is 7. The van der Waals surface area contributed by atoms with E-state index in [9.17, 15) is 39.6 Å². The molecule has 40 heavy (non-hydrogen) atoms. The standard InChI is InChI=1S/C28H34N4O8/c1-6-7-8-17(33)30-15-11-16(31(2)3)13-9-12-10-14-21(32(4)5)24(36)20(27(29)39)26(38)28(14,40)25(37)18(12)23(35)19(13)22(15)34/h6,11-12,14,21,34-35,38,40H,1,7-10H2,2-5H3,(H2,29,39)(H,30,33)/t12-,14-,21-,28-/m0/s1. The molecule has 0 heterocycles. The van der Waals surface area contributed by atoms with Crippen molar-refractivity contribution in [2.24, 2.45) is 17.6 Å². The fourth-order valence-electron chi connectivity index (χ4n) is 6.23. The number of carbonyl (C=O) groups excluding carboxylic acids is 4. The number of aromatic hydroxyl groups is 1. The summed E-state index contributed by atoms with van der Waals surface area (Å²) in [5.74, 6) is -7.71. The smallest absolute Gasteiger partial charge is 0.255 e. The minimum atomic E-state index is -2.72. The van der Waals surface area contributed by atoms with Crippen LogP contribution in [0.1, 0.15) is 30.4 Å². The number of hydrogen-bond donors (Lipinski definition) is 6. The highest BCUT2D eigenvalue weighted by Crippen LogP contribution is 2.54. The zero-order valence-electron chi connectivity index (χ0n) is 22.8. The number of amides is 2. The van der Waals surface area contributed by atoms with Gasteiger partial charge in [0.05, 0.1) is 17.3 Å². The predicted octanol–water partition coefficient (Wildman–Crippen LogP) is 0.935. The number of carbonyl (C=O) groups is 4. The molecule has 0 spiro atoms. The number of hydrogen-bond acceptors (Lipinski definition) is 10. The molecule has 1 aromatic rings. The fourth-order valence-corrected chi connectivity index (χ4v) is 6.23. The molecule has 1 saturated carbocycles. The molecule has 0 aliphatic heterocycles. The largest absolute Gasteiger partial charge is 0.508 e. The van der Waals surface area contributed by atoms with Crippen LogP contribution in [-0.2, 0) is 25.6 Å². The number of nitrogens with zero attached hydrogens (tertiary/aromatic N) is 2. The molecule has 12 nitrogen and oxygen atoms in total. The zero-order valence-corrected chi connectivity index (χ0v) is 22.8. The Hall–Kier alpha value is -4.16. The zero-order chi connectivity index (χ0) is 29.8. The molecule has 0 radical (unpaired) electrons. The summed E-state index contributed by atoms with van der Waals surface area (Å²) in [4.78, 5) is 54.9. The molecular weight excluding hydrogens is 520 g/mol. The first-order valence-corrected chi connectivity index (χ1v) is 12.8. The Bertz CT molecular complexity index is 1410. The third-order valence-electron chi connectivity index (χ3n) is 8.03. The second-order valence-corrected chi connectivity index (χ2v) is 10.9. The van der Waals surface area contributed by atoms with Crippen molar-refractivity contribution < 1.29 is 39.6 Å². The summed E-state index contributed by atoms with van der Waals surface area (Å²) < 4.78 is 0. The van der Waals surface area contributed by atoms with Crippen LogP contribution >= 0.6 is 0 Å². The first kappa shape index (κ1) is 28.8. The lowest BCUT2D eigenvalue weighted by Gasteiger charge is -2.50.